The van der Waals surface area contributed by atoms with Gasteiger partial charge in [-0.05, 0) is 32.0 Å². The molecular weight excluding hydrogens is 275 g/mol. The van der Waals surface area contributed by atoms with Crippen molar-refractivity contribution in [2.45, 2.75) is 24.8 Å². The molecule has 0 unspecified atom stereocenters. The third-order valence-corrected chi connectivity index (χ3v) is 3.00. The van der Waals surface area contributed by atoms with E-state index in [4.69, 9.17) is 9.88 Å². The molecular formula is C11H15FN2O4S. The summed E-state index contributed by atoms with van der Waals surface area (Å²) in [7, 11) is -3.97. The molecule has 106 valence electrons. The molecule has 0 aliphatic carbocycles. The van der Waals surface area contributed by atoms with Crippen molar-refractivity contribution >= 4 is 21.6 Å². The summed E-state index contributed by atoms with van der Waals surface area (Å²) in [5.74, 6) is -1.42. The lowest BCUT2D eigenvalue weighted by Gasteiger charge is -2.09. The maximum Gasteiger partial charge on any atom is 0.250 e. The molecule has 19 heavy (non-hydrogen) atoms. The van der Waals surface area contributed by atoms with Gasteiger partial charge in [-0.15, -0.1) is 0 Å². The monoisotopic (exact) mass is 290 g/mol. The number of nitrogens with two attached hydrogens (primary N) is 1. The number of sulfonamides is 1. The highest BCUT2D eigenvalue weighted by Crippen LogP contribution is 2.18. The van der Waals surface area contributed by atoms with Gasteiger partial charge in [-0.1, -0.05) is 0 Å². The molecule has 1 amide bonds. The number of hydrogen-bond acceptors (Lipinski definition) is 4. The minimum Gasteiger partial charge on any atom is -0.369 e. The van der Waals surface area contributed by atoms with Crippen LogP contribution in [0.3, 0.4) is 0 Å². The molecule has 0 bridgehead atoms. The summed E-state index contributed by atoms with van der Waals surface area (Å²) < 4.78 is 40.6. The fourth-order valence-corrected chi connectivity index (χ4v) is 1.73. The summed E-state index contributed by atoms with van der Waals surface area (Å²) in [5.41, 5.74) is -0.134. The summed E-state index contributed by atoms with van der Waals surface area (Å²) in [6, 6.07) is 2.98. The molecule has 0 saturated heterocycles. The van der Waals surface area contributed by atoms with E-state index in [0.717, 1.165) is 18.2 Å². The van der Waals surface area contributed by atoms with Crippen LogP contribution in [0.5, 0.6) is 0 Å². The van der Waals surface area contributed by atoms with Crippen molar-refractivity contribution in [1.29, 1.82) is 0 Å². The Morgan fingerprint density at radius 1 is 1.47 bits per heavy atom. The van der Waals surface area contributed by atoms with Gasteiger partial charge in [-0.3, -0.25) is 4.79 Å². The molecule has 0 spiro atoms. The second kappa shape index (κ2) is 6.09. The molecule has 0 aliphatic heterocycles. The number of carbonyl (C=O) groups excluding carboxylic acids is 1. The van der Waals surface area contributed by atoms with Gasteiger partial charge in [0.05, 0.1) is 16.7 Å². The van der Waals surface area contributed by atoms with Gasteiger partial charge in [-0.25, -0.2) is 17.9 Å². The van der Waals surface area contributed by atoms with Crippen molar-refractivity contribution < 1.29 is 22.3 Å². The van der Waals surface area contributed by atoms with Crippen LogP contribution in [0.25, 0.3) is 0 Å². The minimum atomic E-state index is -3.97. The normalized spacial score (nSPS) is 11.6. The average Bonchev–Trinajstić information content (AvgIpc) is 2.27. The van der Waals surface area contributed by atoms with Gasteiger partial charge < -0.3 is 10.1 Å². The first kappa shape index (κ1) is 15.5. The molecule has 0 heterocycles. The lowest BCUT2D eigenvalue weighted by Crippen LogP contribution is -2.21. The molecule has 8 heteroatoms. The largest absolute Gasteiger partial charge is 0.369 e. The van der Waals surface area contributed by atoms with Crippen LogP contribution in [-0.2, 0) is 19.6 Å². The van der Waals surface area contributed by atoms with Crippen LogP contribution in [0.1, 0.15) is 13.8 Å². The Morgan fingerprint density at radius 3 is 2.58 bits per heavy atom. The highest BCUT2D eigenvalue weighted by molar-refractivity contribution is 7.89. The lowest BCUT2D eigenvalue weighted by atomic mass is 10.3. The fourth-order valence-electron chi connectivity index (χ4n) is 1.20. The van der Waals surface area contributed by atoms with Crippen molar-refractivity contribution in [3.05, 3.63) is 24.0 Å². The van der Waals surface area contributed by atoms with Crippen LogP contribution < -0.4 is 10.5 Å². The highest BCUT2D eigenvalue weighted by atomic mass is 32.2. The number of rotatable bonds is 5. The molecule has 0 saturated carbocycles. The van der Waals surface area contributed by atoms with Crippen molar-refractivity contribution in [1.82, 2.24) is 0 Å². The van der Waals surface area contributed by atoms with Crippen LogP contribution in [0.4, 0.5) is 10.1 Å². The number of anilines is 1. The number of primary sulfonamides is 1. The van der Waals surface area contributed by atoms with E-state index in [2.05, 4.69) is 5.32 Å². The van der Waals surface area contributed by atoms with Crippen LogP contribution in [-0.4, -0.2) is 27.0 Å². The Balaban J connectivity index is 2.78. The maximum atomic E-state index is 13.6. The molecule has 0 radical (unpaired) electrons. The van der Waals surface area contributed by atoms with Crippen LogP contribution in [0.15, 0.2) is 23.1 Å². The summed E-state index contributed by atoms with van der Waals surface area (Å²) in [6.07, 6.45) is -0.125. The second-order valence-corrected chi connectivity index (χ2v) is 5.66. The number of carbonyl (C=O) groups is 1. The zero-order valence-electron chi connectivity index (χ0n) is 10.5. The van der Waals surface area contributed by atoms with Crippen molar-refractivity contribution in [3.8, 4) is 0 Å². The van der Waals surface area contributed by atoms with Crippen LogP contribution in [0, 0.1) is 5.82 Å². The predicted molar refractivity (Wildman–Crippen MR) is 67.5 cm³/mol. The molecule has 6 nitrogen and oxygen atoms in total. The number of ether oxygens (including phenoxy) is 1. The van der Waals surface area contributed by atoms with Crippen molar-refractivity contribution in [2.75, 3.05) is 11.9 Å². The first-order valence-corrected chi connectivity index (χ1v) is 6.98. The van der Waals surface area contributed by atoms with Crippen LogP contribution >= 0.6 is 0 Å². The fraction of sp³-hybridized carbons (Fsp3) is 0.364. The molecule has 0 aromatic heterocycles. The van der Waals surface area contributed by atoms with Crippen molar-refractivity contribution in [2.24, 2.45) is 5.14 Å². The summed E-state index contributed by atoms with van der Waals surface area (Å²) >= 11 is 0. The van der Waals surface area contributed by atoms with Gasteiger partial charge in [0.1, 0.15) is 12.4 Å². The Kier molecular flexibility index (Phi) is 4.98. The SMILES string of the molecule is CC(C)OCC(=O)Nc1ccc(S(N)(=O)=O)cc1F. The topological polar surface area (TPSA) is 98.5 Å². The average molecular weight is 290 g/mol. The third kappa shape index (κ3) is 4.93. The summed E-state index contributed by atoms with van der Waals surface area (Å²) in [5, 5.41) is 7.13. The van der Waals surface area contributed by atoms with Gasteiger partial charge in [0, 0.05) is 0 Å². The van der Waals surface area contributed by atoms with E-state index < -0.39 is 21.7 Å². The van der Waals surface area contributed by atoms with Gasteiger partial charge in [0.15, 0.2) is 0 Å². The summed E-state index contributed by atoms with van der Waals surface area (Å²) in [6.45, 7) is 3.30. The van der Waals surface area contributed by atoms with Gasteiger partial charge in [0.25, 0.3) is 0 Å². The maximum absolute atomic E-state index is 13.6. The Bertz CT molecular complexity index is 572. The molecule has 0 atom stereocenters. The van der Waals surface area contributed by atoms with E-state index >= 15 is 0 Å². The smallest absolute Gasteiger partial charge is 0.250 e. The molecule has 1 aromatic carbocycles. The highest BCUT2D eigenvalue weighted by Gasteiger charge is 2.13. The van der Waals surface area contributed by atoms with Gasteiger partial charge in [0.2, 0.25) is 15.9 Å². The zero-order chi connectivity index (χ0) is 14.6. The van der Waals surface area contributed by atoms with E-state index in [1.54, 1.807) is 13.8 Å². The van der Waals surface area contributed by atoms with E-state index in [9.17, 15) is 17.6 Å². The molecule has 3 N–H and O–H groups in total. The molecule has 1 rings (SSSR count). The van der Waals surface area contributed by atoms with E-state index in [1.165, 1.54) is 0 Å². The zero-order valence-corrected chi connectivity index (χ0v) is 11.3. The number of benzene rings is 1. The number of amides is 1. The number of halogens is 1. The Labute approximate surface area is 110 Å². The van der Waals surface area contributed by atoms with E-state index in [0.29, 0.717) is 0 Å². The minimum absolute atomic E-state index is 0.125. The van der Waals surface area contributed by atoms with Gasteiger partial charge in [-0.2, -0.15) is 0 Å². The number of hydrogen-bond donors (Lipinski definition) is 2. The lowest BCUT2D eigenvalue weighted by molar-refractivity contribution is -0.121. The van der Waals surface area contributed by atoms with E-state index in [1.807, 2.05) is 0 Å². The molecule has 0 fully saturated rings. The van der Waals surface area contributed by atoms with Crippen molar-refractivity contribution in [3.63, 3.8) is 0 Å². The Morgan fingerprint density at radius 2 is 2.11 bits per heavy atom. The second-order valence-electron chi connectivity index (χ2n) is 4.09. The van der Waals surface area contributed by atoms with E-state index in [-0.39, 0.29) is 23.3 Å². The number of nitrogens with one attached hydrogen (secondary N) is 1. The quantitative estimate of drug-likeness (QED) is 0.839. The first-order valence-electron chi connectivity index (χ1n) is 5.44. The summed E-state index contributed by atoms with van der Waals surface area (Å²) in [4.78, 5) is 11.0. The Hall–Kier alpha value is -1.51. The van der Waals surface area contributed by atoms with Crippen LogP contribution in [0.2, 0.25) is 0 Å². The third-order valence-electron chi connectivity index (χ3n) is 2.09. The predicted octanol–water partition coefficient (Wildman–Crippen LogP) is 0.837. The molecule has 0 aliphatic rings. The molecule has 1 aromatic rings. The standard InChI is InChI=1S/C11H15FN2O4S/c1-7(2)18-6-11(15)14-10-4-3-8(5-9(10)12)19(13,16)17/h3-5,7H,6H2,1-2H3,(H,14,15)(H2,13,16,17). The van der Waals surface area contributed by atoms with Gasteiger partial charge >= 0.3 is 0 Å². The first-order chi connectivity index (χ1) is 8.70.